The average Bonchev–Trinajstić information content (AvgIpc) is 3.57. The van der Waals surface area contributed by atoms with Crippen molar-refractivity contribution in [1.29, 1.82) is 0 Å². The van der Waals surface area contributed by atoms with E-state index in [2.05, 4.69) is 15.3 Å². The Morgan fingerprint density at radius 3 is 2.55 bits per heavy atom. The average molecular weight is 464 g/mol. The van der Waals surface area contributed by atoms with Gasteiger partial charge in [-0.2, -0.15) is 5.10 Å². The number of hydrogen-bond donors (Lipinski definition) is 0. The Hall–Kier alpha value is -3.52. The maximum atomic E-state index is 13.4. The number of nitrogens with zero attached hydrogens (tertiary/aromatic N) is 5. The molecule has 2 heterocycles. The molecule has 1 aliphatic heterocycles. The summed E-state index contributed by atoms with van der Waals surface area (Å²) in [6.07, 6.45) is 2.43. The quantitative estimate of drug-likeness (QED) is 0.527. The van der Waals surface area contributed by atoms with Crippen LogP contribution in [0.1, 0.15) is 37.1 Å². The van der Waals surface area contributed by atoms with E-state index in [1.165, 1.54) is 5.01 Å². The van der Waals surface area contributed by atoms with Crippen molar-refractivity contribution >= 4 is 29.1 Å². The van der Waals surface area contributed by atoms with E-state index >= 15 is 0 Å². The molecule has 1 saturated carbocycles. The van der Waals surface area contributed by atoms with Gasteiger partial charge in [0.2, 0.25) is 17.7 Å². The van der Waals surface area contributed by atoms with Gasteiger partial charge in [-0.1, -0.05) is 41.9 Å². The summed E-state index contributed by atoms with van der Waals surface area (Å²) in [6, 6.07) is 16.8. The molecular weight excluding hydrogens is 442 g/mol. The molecule has 1 aliphatic carbocycles. The van der Waals surface area contributed by atoms with E-state index < -0.39 is 0 Å². The Morgan fingerprint density at radius 2 is 1.82 bits per heavy atom. The lowest BCUT2D eigenvalue weighted by Gasteiger charge is -2.26. The van der Waals surface area contributed by atoms with E-state index in [0.717, 1.165) is 24.0 Å². The number of hydrogen-bond acceptors (Lipinski definition) is 6. The van der Waals surface area contributed by atoms with Crippen molar-refractivity contribution in [3.8, 4) is 11.5 Å². The first-order valence-electron chi connectivity index (χ1n) is 10.9. The van der Waals surface area contributed by atoms with Crippen molar-refractivity contribution in [2.75, 3.05) is 0 Å². The molecule has 9 heteroatoms. The second kappa shape index (κ2) is 9.15. The first-order valence-corrected chi connectivity index (χ1v) is 11.3. The molecule has 33 heavy (non-hydrogen) atoms. The Labute approximate surface area is 195 Å². The van der Waals surface area contributed by atoms with Crippen LogP contribution in [0.3, 0.4) is 0 Å². The number of aromatic nitrogens is 2. The molecule has 2 aliphatic rings. The smallest absolute Gasteiger partial charge is 0.270 e. The van der Waals surface area contributed by atoms with Crippen molar-refractivity contribution in [2.24, 2.45) is 5.10 Å². The van der Waals surface area contributed by atoms with E-state index in [4.69, 9.17) is 16.0 Å². The van der Waals surface area contributed by atoms with Crippen LogP contribution in [0.15, 0.2) is 64.1 Å². The number of carbonyl (C=O) groups is 2. The molecule has 3 aromatic rings. The number of benzene rings is 2. The molecule has 0 radical (unpaired) electrons. The molecule has 0 N–H and O–H groups in total. The molecule has 0 unspecified atom stereocenters. The minimum Gasteiger partial charge on any atom is -0.419 e. The van der Waals surface area contributed by atoms with Crippen molar-refractivity contribution in [1.82, 2.24) is 20.1 Å². The molecule has 2 amide bonds. The van der Waals surface area contributed by atoms with Crippen molar-refractivity contribution in [3.63, 3.8) is 0 Å². The van der Waals surface area contributed by atoms with Crippen molar-refractivity contribution in [3.05, 3.63) is 71.1 Å². The molecule has 168 valence electrons. The van der Waals surface area contributed by atoms with E-state index in [1.807, 2.05) is 30.3 Å². The van der Waals surface area contributed by atoms with Crippen LogP contribution in [0.5, 0.6) is 0 Å². The first-order chi connectivity index (χ1) is 16.1. The van der Waals surface area contributed by atoms with Gasteiger partial charge in [0.25, 0.3) is 5.91 Å². The van der Waals surface area contributed by atoms with Gasteiger partial charge in [0, 0.05) is 29.5 Å². The Bertz CT molecular complexity index is 1190. The summed E-state index contributed by atoms with van der Waals surface area (Å²) in [7, 11) is 0. The topological polar surface area (TPSA) is 91.9 Å². The highest BCUT2D eigenvalue weighted by molar-refractivity contribution is 6.39. The predicted octanol–water partition coefficient (Wildman–Crippen LogP) is 4.06. The fourth-order valence-corrected chi connectivity index (χ4v) is 3.85. The van der Waals surface area contributed by atoms with Crippen LogP contribution < -0.4 is 0 Å². The molecule has 0 saturated heterocycles. The van der Waals surface area contributed by atoms with Crippen LogP contribution in [-0.2, 0) is 22.7 Å². The zero-order chi connectivity index (χ0) is 22.8. The molecule has 5 rings (SSSR count). The van der Waals surface area contributed by atoms with E-state index in [0.29, 0.717) is 35.5 Å². The largest absolute Gasteiger partial charge is 0.419 e. The third kappa shape index (κ3) is 4.96. The fraction of sp³-hybridized carbons (Fsp3) is 0.292. The van der Waals surface area contributed by atoms with Crippen LogP contribution in [0.4, 0.5) is 0 Å². The van der Waals surface area contributed by atoms with Crippen LogP contribution >= 0.6 is 11.6 Å². The summed E-state index contributed by atoms with van der Waals surface area (Å²) in [6.45, 7) is 0.545. The molecular formula is C24H22ClN5O3. The number of hydrazone groups is 1. The molecule has 0 bridgehead atoms. The Morgan fingerprint density at radius 1 is 1.06 bits per heavy atom. The summed E-state index contributed by atoms with van der Waals surface area (Å²) in [5.41, 5.74) is 2.10. The second-order valence-corrected chi connectivity index (χ2v) is 8.59. The third-order valence-corrected chi connectivity index (χ3v) is 5.89. The molecule has 8 nitrogen and oxygen atoms in total. The summed E-state index contributed by atoms with van der Waals surface area (Å²) in [5.74, 6) is 0.459. The van der Waals surface area contributed by atoms with Gasteiger partial charge in [0.1, 0.15) is 5.71 Å². The van der Waals surface area contributed by atoms with Crippen LogP contribution in [0.25, 0.3) is 11.5 Å². The van der Waals surface area contributed by atoms with Crippen LogP contribution in [0.2, 0.25) is 5.02 Å². The number of carbonyl (C=O) groups excluding carboxylic acids is 2. The monoisotopic (exact) mass is 463 g/mol. The minimum absolute atomic E-state index is 0.0853. The molecule has 0 spiro atoms. The van der Waals surface area contributed by atoms with E-state index in [9.17, 15) is 9.59 Å². The highest BCUT2D eigenvalue weighted by Gasteiger charge is 2.37. The predicted molar refractivity (Wildman–Crippen MR) is 122 cm³/mol. The maximum absolute atomic E-state index is 13.4. The van der Waals surface area contributed by atoms with Gasteiger partial charge < -0.3 is 9.32 Å². The second-order valence-electron chi connectivity index (χ2n) is 8.16. The third-order valence-electron chi connectivity index (χ3n) is 5.64. The summed E-state index contributed by atoms with van der Waals surface area (Å²) < 4.78 is 5.81. The van der Waals surface area contributed by atoms with Crippen molar-refractivity contribution < 1.29 is 14.0 Å². The van der Waals surface area contributed by atoms with Gasteiger partial charge >= 0.3 is 0 Å². The zero-order valence-electron chi connectivity index (χ0n) is 17.9. The van der Waals surface area contributed by atoms with Gasteiger partial charge in [-0.25, -0.2) is 5.01 Å². The summed E-state index contributed by atoms with van der Waals surface area (Å²) in [5, 5.41) is 14.7. The summed E-state index contributed by atoms with van der Waals surface area (Å²) in [4.78, 5) is 27.5. The summed E-state index contributed by atoms with van der Waals surface area (Å²) >= 11 is 5.94. The highest BCUT2D eigenvalue weighted by Crippen LogP contribution is 2.30. The highest BCUT2D eigenvalue weighted by atomic mass is 35.5. The Kier molecular flexibility index (Phi) is 5.92. The lowest BCUT2D eigenvalue weighted by Crippen LogP contribution is -2.42. The maximum Gasteiger partial charge on any atom is 0.270 e. The normalized spacial score (nSPS) is 16.0. The van der Waals surface area contributed by atoms with Crippen LogP contribution in [-0.4, -0.2) is 43.7 Å². The number of halogens is 1. The number of rotatable bonds is 7. The lowest BCUT2D eigenvalue weighted by molar-refractivity contribution is -0.132. The van der Waals surface area contributed by atoms with Gasteiger partial charge in [-0.05, 0) is 42.7 Å². The standard InChI is InChI=1S/C24H22ClN5O3/c25-18-8-6-17(7-9-18)23-27-26-21(33-23)15-29(19-10-11-19)24(32)20-12-13-22(31)30(28-20)14-16-4-2-1-3-5-16/h1-9,19H,10-15H2. The van der Waals surface area contributed by atoms with Gasteiger partial charge in [-0.3, -0.25) is 9.59 Å². The first kappa shape index (κ1) is 21.3. The van der Waals surface area contributed by atoms with Crippen molar-refractivity contribution in [2.45, 2.75) is 44.8 Å². The fourth-order valence-electron chi connectivity index (χ4n) is 3.73. The number of amides is 2. The molecule has 1 fully saturated rings. The van der Waals surface area contributed by atoms with Gasteiger partial charge in [-0.15, -0.1) is 10.2 Å². The SMILES string of the molecule is O=C1CCC(C(=O)N(Cc2nnc(-c3ccc(Cl)cc3)o2)C2CC2)=NN1Cc1ccccc1. The van der Waals surface area contributed by atoms with Crippen LogP contribution in [0, 0.1) is 0 Å². The van der Waals surface area contributed by atoms with Gasteiger partial charge in [0.05, 0.1) is 13.1 Å². The molecule has 1 aromatic heterocycles. The van der Waals surface area contributed by atoms with E-state index in [1.54, 1.807) is 29.2 Å². The lowest BCUT2D eigenvalue weighted by atomic mass is 10.1. The van der Waals surface area contributed by atoms with E-state index in [-0.39, 0.29) is 30.8 Å². The molecule has 0 atom stereocenters. The zero-order valence-corrected chi connectivity index (χ0v) is 18.6. The Balaban J connectivity index is 1.32. The molecule has 2 aromatic carbocycles. The van der Waals surface area contributed by atoms with Gasteiger partial charge in [0.15, 0.2) is 0 Å². The minimum atomic E-state index is -0.186.